The van der Waals surface area contributed by atoms with Crippen LogP contribution in [0.5, 0.6) is 5.75 Å². The molecule has 0 aliphatic carbocycles. The Balaban J connectivity index is 1.90. The number of hydrogen-bond donors (Lipinski definition) is 1. The number of carboxylic acids is 1. The first-order valence-electron chi connectivity index (χ1n) is 7.93. The van der Waals surface area contributed by atoms with Gasteiger partial charge in [-0.1, -0.05) is 30.3 Å². The molecule has 0 saturated heterocycles. The van der Waals surface area contributed by atoms with Crippen molar-refractivity contribution < 1.29 is 19.4 Å². The van der Waals surface area contributed by atoms with Crippen molar-refractivity contribution in [2.75, 3.05) is 6.61 Å². The summed E-state index contributed by atoms with van der Waals surface area (Å²) >= 11 is 0. The van der Waals surface area contributed by atoms with Crippen LogP contribution in [0.4, 0.5) is 0 Å². The van der Waals surface area contributed by atoms with Gasteiger partial charge in [0.25, 0.3) is 5.91 Å². The van der Waals surface area contributed by atoms with E-state index in [9.17, 15) is 14.7 Å². The molecular weight excluding hydrogens is 306 g/mol. The summed E-state index contributed by atoms with van der Waals surface area (Å²) in [5, 5.41) is 9.28. The fraction of sp³-hybridized carbons (Fsp3) is 0.263. The number of ether oxygens (including phenoxy) is 1. The van der Waals surface area contributed by atoms with Gasteiger partial charge in [0, 0.05) is 12.1 Å². The first-order chi connectivity index (χ1) is 11.6. The van der Waals surface area contributed by atoms with E-state index < -0.39 is 12.0 Å². The molecule has 0 bridgehead atoms. The van der Waals surface area contributed by atoms with Gasteiger partial charge in [-0.05, 0) is 36.2 Å². The van der Waals surface area contributed by atoms with Crippen LogP contribution in [0, 0.1) is 0 Å². The fourth-order valence-corrected chi connectivity index (χ4v) is 3.05. The lowest BCUT2D eigenvalue weighted by atomic mass is 10.0. The van der Waals surface area contributed by atoms with Gasteiger partial charge in [0.1, 0.15) is 5.75 Å². The Labute approximate surface area is 140 Å². The number of fused-ring (bicyclic) bond motifs is 1. The molecule has 0 fully saturated rings. The third-order valence-electron chi connectivity index (χ3n) is 4.17. The predicted octanol–water partition coefficient (Wildman–Crippen LogP) is 3.26. The zero-order valence-corrected chi connectivity index (χ0v) is 13.4. The number of carbonyl (C=O) groups is 2. The maximum Gasteiger partial charge on any atom is 0.305 e. The van der Waals surface area contributed by atoms with E-state index in [4.69, 9.17) is 4.74 Å². The van der Waals surface area contributed by atoms with Crippen LogP contribution in [0.3, 0.4) is 0 Å². The maximum atomic E-state index is 12.7. The Morgan fingerprint density at radius 2 is 1.92 bits per heavy atom. The molecule has 1 atom stereocenters. The number of amides is 1. The van der Waals surface area contributed by atoms with E-state index in [1.54, 1.807) is 23.1 Å². The van der Waals surface area contributed by atoms with Crippen molar-refractivity contribution in [2.45, 2.75) is 25.9 Å². The molecule has 5 nitrogen and oxygen atoms in total. The number of hydrogen-bond acceptors (Lipinski definition) is 3. The highest BCUT2D eigenvalue weighted by atomic mass is 16.5. The lowest BCUT2D eigenvalue weighted by molar-refractivity contribution is -0.138. The second kappa shape index (κ2) is 6.74. The Kier molecular flexibility index (Phi) is 4.51. The minimum Gasteiger partial charge on any atom is -0.494 e. The predicted molar refractivity (Wildman–Crippen MR) is 88.9 cm³/mol. The topological polar surface area (TPSA) is 66.8 Å². The SMILES string of the molecule is CCOc1ccc([C@H](CC(=O)O)N2Cc3ccccc3C2=O)cc1. The number of carboxylic acid groups (broad SMARTS) is 1. The number of benzene rings is 2. The Bertz CT molecular complexity index is 754. The van der Waals surface area contributed by atoms with Crippen molar-refractivity contribution in [1.82, 2.24) is 4.90 Å². The number of nitrogens with zero attached hydrogens (tertiary/aromatic N) is 1. The Hall–Kier alpha value is -2.82. The smallest absolute Gasteiger partial charge is 0.305 e. The third kappa shape index (κ3) is 3.11. The molecule has 0 radical (unpaired) electrons. The Morgan fingerprint density at radius 1 is 1.21 bits per heavy atom. The second-order valence-corrected chi connectivity index (χ2v) is 5.71. The quantitative estimate of drug-likeness (QED) is 0.885. The van der Waals surface area contributed by atoms with Gasteiger partial charge in [0.05, 0.1) is 19.1 Å². The van der Waals surface area contributed by atoms with Crippen molar-refractivity contribution in [1.29, 1.82) is 0 Å². The molecule has 1 aliphatic rings. The van der Waals surface area contributed by atoms with E-state index in [0.29, 0.717) is 18.7 Å². The minimum atomic E-state index is -0.933. The van der Waals surface area contributed by atoms with E-state index in [1.165, 1.54) is 0 Å². The van der Waals surface area contributed by atoms with E-state index in [2.05, 4.69) is 0 Å². The molecule has 0 unspecified atom stereocenters. The van der Waals surface area contributed by atoms with E-state index in [-0.39, 0.29) is 12.3 Å². The fourth-order valence-electron chi connectivity index (χ4n) is 3.05. The largest absolute Gasteiger partial charge is 0.494 e. The summed E-state index contributed by atoms with van der Waals surface area (Å²) in [6.45, 7) is 2.90. The zero-order valence-electron chi connectivity index (χ0n) is 13.4. The van der Waals surface area contributed by atoms with Gasteiger partial charge >= 0.3 is 5.97 Å². The highest BCUT2D eigenvalue weighted by Gasteiger charge is 2.34. The molecule has 1 N–H and O–H groups in total. The van der Waals surface area contributed by atoms with Gasteiger partial charge in [0.15, 0.2) is 0 Å². The molecule has 5 heteroatoms. The van der Waals surface area contributed by atoms with Gasteiger partial charge in [-0.25, -0.2) is 0 Å². The molecule has 1 heterocycles. The third-order valence-corrected chi connectivity index (χ3v) is 4.17. The molecular formula is C19H19NO4. The molecule has 24 heavy (non-hydrogen) atoms. The van der Waals surface area contributed by atoms with Crippen molar-refractivity contribution in [3.05, 3.63) is 65.2 Å². The number of rotatable bonds is 6. The van der Waals surface area contributed by atoms with Crippen LogP contribution in [0.2, 0.25) is 0 Å². The first kappa shape index (κ1) is 16.1. The molecule has 3 rings (SSSR count). The summed E-state index contributed by atoms with van der Waals surface area (Å²) in [6.07, 6.45) is -0.131. The van der Waals surface area contributed by atoms with Crippen LogP contribution in [0.1, 0.15) is 40.9 Å². The summed E-state index contributed by atoms with van der Waals surface area (Å²) in [6, 6.07) is 14.2. The van der Waals surface area contributed by atoms with Crippen LogP contribution in [-0.2, 0) is 11.3 Å². The standard InChI is InChI=1S/C19H19NO4/c1-2-24-15-9-7-13(8-10-15)17(11-18(21)22)20-12-14-5-3-4-6-16(14)19(20)23/h3-10,17H,2,11-12H2,1H3,(H,21,22)/t17-/m0/s1. The van der Waals surface area contributed by atoms with Gasteiger partial charge < -0.3 is 14.7 Å². The van der Waals surface area contributed by atoms with Crippen LogP contribution in [0.25, 0.3) is 0 Å². The molecule has 124 valence electrons. The highest BCUT2D eigenvalue weighted by molar-refractivity contribution is 5.98. The van der Waals surface area contributed by atoms with Crippen LogP contribution < -0.4 is 4.74 Å². The number of carbonyl (C=O) groups excluding carboxylic acids is 1. The van der Waals surface area contributed by atoms with Crippen molar-refractivity contribution in [2.24, 2.45) is 0 Å². The zero-order chi connectivity index (χ0) is 17.1. The van der Waals surface area contributed by atoms with Gasteiger partial charge in [-0.3, -0.25) is 9.59 Å². The van der Waals surface area contributed by atoms with E-state index >= 15 is 0 Å². The van der Waals surface area contributed by atoms with Crippen molar-refractivity contribution in [3.8, 4) is 5.75 Å². The number of aliphatic carboxylic acids is 1. The highest BCUT2D eigenvalue weighted by Crippen LogP contribution is 2.34. The summed E-state index contributed by atoms with van der Waals surface area (Å²) < 4.78 is 5.42. The molecule has 0 saturated carbocycles. The van der Waals surface area contributed by atoms with Crippen LogP contribution >= 0.6 is 0 Å². The normalized spacial score (nSPS) is 14.4. The lowest BCUT2D eigenvalue weighted by Crippen LogP contribution is -2.30. The van der Waals surface area contributed by atoms with Crippen molar-refractivity contribution >= 4 is 11.9 Å². The monoisotopic (exact) mass is 325 g/mol. The van der Waals surface area contributed by atoms with Gasteiger partial charge in [0.2, 0.25) is 0 Å². The summed E-state index contributed by atoms with van der Waals surface area (Å²) in [4.78, 5) is 25.6. The summed E-state index contributed by atoms with van der Waals surface area (Å²) in [5.74, 6) is -0.324. The maximum absolute atomic E-state index is 12.7. The first-order valence-corrected chi connectivity index (χ1v) is 7.93. The average molecular weight is 325 g/mol. The van der Waals surface area contributed by atoms with Crippen LogP contribution in [-0.4, -0.2) is 28.5 Å². The Morgan fingerprint density at radius 3 is 2.54 bits per heavy atom. The summed E-state index contributed by atoms with van der Waals surface area (Å²) in [7, 11) is 0. The summed E-state index contributed by atoms with van der Waals surface area (Å²) in [5.41, 5.74) is 2.38. The van der Waals surface area contributed by atoms with Gasteiger partial charge in [-0.2, -0.15) is 0 Å². The molecule has 2 aromatic carbocycles. The van der Waals surface area contributed by atoms with Gasteiger partial charge in [-0.15, -0.1) is 0 Å². The van der Waals surface area contributed by atoms with E-state index in [1.807, 2.05) is 37.3 Å². The molecule has 1 aliphatic heterocycles. The molecule has 0 spiro atoms. The average Bonchev–Trinajstić information content (AvgIpc) is 2.91. The van der Waals surface area contributed by atoms with Crippen LogP contribution in [0.15, 0.2) is 48.5 Å². The molecule has 1 amide bonds. The molecule has 2 aromatic rings. The minimum absolute atomic E-state index is 0.120. The second-order valence-electron chi connectivity index (χ2n) is 5.71. The molecule has 0 aromatic heterocycles. The lowest BCUT2D eigenvalue weighted by Gasteiger charge is -2.27. The van der Waals surface area contributed by atoms with Crippen molar-refractivity contribution in [3.63, 3.8) is 0 Å². The van der Waals surface area contributed by atoms with E-state index in [0.717, 1.165) is 16.9 Å².